The Kier molecular flexibility index (Phi) is 6.76. The van der Waals surface area contributed by atoms with Gasteiger partial charge in [-0.1, -0.05) is 18.6 Å². The summed E-state index contributed by atoms with van der Waals surface area (Å²) in [4.78, 5) is 31.0. The Morgan fingerprint density at radius 2 is 2.00 bits per heavy atom. The highest BCUT2D eigenvalue weighted by Crippen LogP contribution is 2.23. The maximum absolute atomic E-state index is 12.4. The van der Waals surface area contributed by atoms with Gasteiger partial charge in [-0.15, -0.1) is 0 Å². The molecule has 6 heteroatoms. The van der Waals surface area contributed by atoms with Gasteiger partial charge in [0.05, 0.1) is 6.04 Å². The minimum atomic E-state index is -0.0654. The third-order valence-electron chi connectivity index (χ3n) is 5.22. The monoisotopic (exact) mass is 368 g/mol. The van der Waals surface area contributed by atoms with E-state index in [2.05, 4.69) is 21.3 Å². The van der Waals surface area contributed by atoms with Gasteiger partial charge in [0.25, 0.3) is 5.56 Å². The Balaban J connectivity index is 1.59. The molecule has 1 fully saturated rings. The van der Waals surface area contributed by atoms with Crippen LogP contribution in [-0.2, 0) is 11.3 Å². The van der Waals surface area contributed by atoms with Crippen molar-refractivity contribution in [3.63, 3.8) is 0 Å². The Hall–Kier alpha value is -2.47. The van der Waals surface area contributed by atoms with Crippen LogP contribution in [0.1, 0.15) is 43.0 Å². The number of likely N-dealkylation sites (tertiary alicyclic amines) is 1. The fourth-order valence-electron chi connectivity index (χ4n) is 3.68. The Morgan fingerprint density at radius 1 is 1.19 bits per heavy atom. The summed E-state index contributed by atoms with van der Waals surface area (Å²) in [6.45, 7) is 4.95. The van der Waals surface area contributed by atoms with Crippen LogP contribution in [0.4, 0.5) is 0 Å². The number of hydrogen-bond acceptors (Lipinski definition) is 4. The van der Waals surface area contributed by atoms with Crippen LogP contribution in [0, 0.1) is 6.92 Å². The van der Waals surface area contributed by atoms with Crippen molar-refractivity contribution in [2.75, 3.05) is 19.6 Å². The predicted octanol–water partition coefficient (Wildman–Crippen LogP) is 2.29. The number of piperidine rings is 1. The van der Waals surface area contributed by atoms with Crippen molar-refractivity contribution in [3.05, 3.63) is 64.3 Å². The van der Waals surface area contributed by atoms with Crippen molar-refractivity contribution >= 4 is 5.91 Å². The zero-order valence-corrected chi connectivity index (χ0v) is 15.9. The zero-order valence-electron chi connectivity index (χ0n) is 15.9. The second-order valence-electron chi connectivity index (χ2n) is 7.11. The number of nitrogens with one attached hydrogen (secondary N) is 1. The summed E-state index contributed by atoms with van der Waals surface area (Å²) in [7, 11) is 0. The molecule has 1 aliphatic heterocycles. The summed E-state index contributed by atoms with van der Waals surface area (Å²) in [5.74, 6) is -0.0314. The molecule has 1 aliphatic rings. The standard InChI is InChI=1S/C21H28N4O2/c1-17-7-5-9-21(27)25(17)14-10-20(26)23-16-19(18-8-6-11-22-15-18)24-12-3-2-4-13-24/h5-9,11,15,19H,2-4,10,12-14,16H2,1H3,(H,23,26)/t19-/m0/s1. The normalized spacial score (nSPS) is 16.0. The van der Waals surface area contributed by atoms with Crippen molar-refractivity contribution in [1.29, 1.82) is 0 Å². The molecule has 0 unspecified atom stereocenters. The SMILES string of the molecule is Cc1cccc(=O)n1CCC(=O)NC[C@@H](c1cccnc1)N1CCCCC1. The van der Waals surface area contributed by atoms with Crippen LogP contribution >= 0.6 is 0 Å². The number of aromatic nitrogens is 2. The second-order valence-corrected chi connectivity index (χ2v) is 7.11. The van der Waals surface area contributed by atoms with Crippen molar-refractivity contribution in [2.45, 2.75) is 45.2 Å². The van der Waals surface area contributed by atoms with E-state index in [4.69, 9.17) is 0 Å². The van der Waals surface area contributed by atoms with E-state index in [0.29, 0.717) is 19.5 Å². The van der Waals surface area contributed by atoms with Gasteiger partial charge in [0, 0.05) is 43.7 Å². The van der Waals surface area contributed by atoms with E-state index in [0.717, 1.165) is 24.3 Å². The lowest BCUT2D eigenvalue weighted by atomic mass is 10.0. The zero-order chi connectivity index (χ0) is 19.1. The van der Waals surface area contributed by atoms with Gasteiger partial charge >= 0.3 is 0 Å². The minimum absolute atomic E-state index is 0.0314. The molecule has 0 bridgehead atoms. The maximum atomic E-state index is 12.4. The van der Waals surface area contributed by atoms with Crippen LogP contribution in [0.2, 0.25) is 0 Å². The first kappa shape index (κ1) is 19.3. The first-order valence-electron chi connectivity index (χ1n) is 9.72. The van der Waals surface area contributed by atoms with Crippen LogP contribution < -0.4 is 10.9 Å². The number of carbonyl (C=O) groups excluding carboxylic acids is 1. The highest BCUT2D eigenvalue weighted by molar-refractivity contribution is 5.75. The molecule has 2 aromatic rings. The number of hydrogen-bond donors (Lipinski definition) is 1. The molecule has 1 saturated heterocycles. The highest BCUT2D eigenvalue weighted by atomic mass is 16.1. The molecule has 27 heavy (non-hydrogen) atoms. The van der Waals surface area contributed by atoms with E-state index in [1.807, 2.05) is 25.3 Å². The van der Waals surface area contributed by atoms with Crippen LogP contribution in [0.5, 0.6) is 0 Å². The number of nitrogens with zero attached hydrogens (tertiary/aromatic N) is 3. The van der Waals surface area contributed by atoms with Crippen LogP contribution in [-0.4, -0.2) is 40.0 Å². The van der Waals surface area contributed by atoms with Gasteiger partial charge in [-0.25, -0.2) is 0 Å². The third kappa shape index (κ3) is 5.26. The fourth-order valence-corrected chi connectivity index (χ4v) is 3.68. The number of pyridine rings is 2. The van der Waals surface area contributed by atoms with Gasteiger partial charge in [-0.2, -0.15) is 0 Å². The van der Waals surface area contributed by atoms with Gasteiger partial charge in [-0.05, 0) is 50.6 Å². The van der Waals surface area contributed by atoms with E-state index in [9.17, 15) is 9.59 Å². The topological polar surface area (TPSA) is 67.2 Å². The lowest BCUT2D eigenvalue weighted by Crippen LogP contribution is -2.41. The van der Waals surface area contributed by atoms with E-state index >= 15 is 0 Å². The molecular weight excluding hydrogens is 340 g/mol. The van der Waals surface area contributed by atoms with Gasteiger partial charge in [0.2, 0.25) is 5.91 Å². The minimum Gasteiger partial charge on any atom is -0.354 e. The first-order valence-corrected chi connectivity index (χ1v) is 9.72. The summed E-state index contributed by atoms with van der Waals surface area (Å²) in [6.07, 6.45) is 7.62. The molecule has 1 atom stereocenters. The van der Waals surface area contributed by atoms with Crippen molar-refractivity contribution in [1.82, 2.24) is 19.8 Å². The van der Waals surface area contributed by atoms with Crippen LogP contribution in [0.15, 0.2) is 47.5 Å². The van der Waals surface area contributed by atoms with E-state index in [1.165, 1.54) is 25.3 Å². The quantitative estimate of drug-likeness (QED) is 0.814. The molecule has 0 aromatic carbocycles. The van der Waals surface area contributed by atoms with Crippen molar-refractivity contribution in [2.24, 2.45) is 0 Å². The molecule has 0 saturated carbocycles. The molecule has 0 aliphatic carbocycles. The molecular formula is C21H28N4O2. The second kappa shape index (κ2) is 9.46. The molecule has 6 nitrogen and oxygen atoms in total. The summed E-state index contributed by atoms with van der Waals surface area (Å²) in [5, 5.41) is 3.06. The smallest absolute Gasteiger partial charge is 0.250 e. The van der Waals surface area contributed by atoms with Crippen molar-refractivity contribution < 1.29 is 4.79 Å². The Labute approximate surface area is 160 Å². The number of rotatable bonds is 7. The average molecular weight is 368 g/mol. The molecule has 1 N–H and O–H groups in total. The van der Waals surface area contributed by atoms with E-state index < -0.39 is 0 Å². The molecule has 0 spiro atoms. The van der Waals surface area contributed by atoms with Crippen molar-refractivity contribution in [3.8, 4) is 0 Å². The lowest BCUT2D eigenvalue weighted by Gasteiger charge is -2.34. The van der Waals surface area contributed by atoms with Gasteiger partial charge < -0.3 is 9.88 Å². The molecule has 3 heterocycles. The molecule has 2 aromatic heterocycles. The Morgan fingerprint density at radius 3 is 2.70 bits per heavy atom. The molecule has 144 valence electrons. The lowest BCUT2D eigenvalue weighted by molar-refractivity contribution is -0.121. The highest BCUT2D eigenvalue weighted by Gasteiger charge is 2.23. The fraction of sp³-hybridized carbons (Fsp3) is 0.476. The first-order chi connectivity index (χ1) is 13.1. The van der Waals surface area contributed by atoms with Crippen LogP contribution in [0.3, 0.4) is 0 Å². The largest absolute Gasteiger partial charge is 0.354 e. The average Bonchev–Trinajstić information content (AvgIpc) is 2.69. The van der Waals surface area contributed by atoms with E-state index in [-0.39, 0.29) is 17.5 Å². The summed E-state index contributed by atoms with van der Waals surface area (Å²) in [5.41, 5.74) is 1.94. The predicted molar refractivity (Wildman–Crippen MR) is 105 cm³/mol. The number of aryl methyl sites for hydroxylation is 1. The number of amides is 1. The van der Waals surface area contributed by atoms with E-state index in [1.54, 1.807) is 16.8 Å². The molecule has 0 radical (unpaired) electrons. The third-order valence-corrected chi connectivity index (χ3v) is 5.22. The molecule has 1 amide bonds. The molecule has 3 rings (SSSR count). The summed E-state index contributed by atoms with van der Waals surface area (Å²) < 4.78 is 1.64. The maximum Gasteiger partial charge on any atom is 0.250 e. The van der Waals surface area contributed by atoms with Gasteiger partial charge in [0.1, 0.15) is 0 Å². The summed E-state index contributed by atoms with van der Waals surface area (Å²) in [6, 6.07) is 9.31. The van der Waals surface area contributed by atoms with Gasteiger partial charge in [-0.3, -0.25) is 19.5 Å². The van der Waals surface area contributed by atoms with Crippen LogP contribution in [0.25, 0.3) is 0 Å². The number of carbonyl (C=O) groups is 1. The summed E-state index contributed by atoms with van der Waals surface area (Å²) >= 11 is 0. The Bertz CT molecular complexity index is 797. The van der Waals surface area contributed by atoms with Gasteiger partial charge in [0.15, 0.2) is 0 Å².